The first kappa shape index (κ1) is 15.4. The molecule has 1 unspecified atom stereocenters. The SMILES string of the molecule is CN(C)C(CNCc1ccc(Cl)cc1Cl)c1ccco1. The zero-order valence-electron chi connectivity index (χ0n) is 11.6. The van der Waals surface area contributed by atoms with E-state index in [0.29, 0.717) is 16.6 Å². The van der Waals surface area contributed by atoms with Crippen molar-refractivity contribution in [3.63, 3.8) is 0 Å². The van der Waals surface area contributed by atoms with Crippen LogP contribution in [0.1, 0.15) is 17.4 Å². The van der Waals surface area contributed by atoms with Crippen molar-refractivity contribution in [2.24, 2.45) is 0 Å². The van der Waals surface area contributed by atoms with Crippen molar-refractivity contribution in [1.29, 1.82) is 0 Å². The van der Waals surface area contributed by atoms with Gasteiger partial charge in [0.1, 0.15) is 5.76 Å². The van der Waals surface area contributed by atoms with Crippen LogP contribution in [-0.4, -0.2) is 25.5 Å². The molecule has 0 aliphatic rings. The van der Waals surface area contributed by atoms with Gasteiger partial charge in [0.05, 0.1) is 12.3 Å². The topological polar surface area (TPSA) is 28.4 Å². The first-order chi connectivity index (χ1) is 9.58. The van der Waals surface area contributed by atoms with Crippen LogP contribution in [0, 0.1) is 0 Å². The number of rotatable bonds is 6. The molecule has 1 heterocycles. The van der Waals surface area contributed by atoms with E-state index >= 15 is 0 Å². The summed E-state index contributed by atoms with van der Waals surface area (Å²) in [5, 5.41) is 4.74. The molecule has 1 aromatic carbocycles. The van der Waals surface area contributed by atoms with Gasteiger partial charge < -0.3 is 9.73 Å². The predicted molar refractivity (Wildman–Crippen MR) is 83.3 cm³/mol. The van der Waals surface area contributed by atoms with Gasteiger partial charge in [0, 0.05) is 23.1 Å². The van der Waals surface area contributed by atoms with Crippen molar-refractivity contribution in [3.05, 3.63) is 58.0 Å². The highest BCUT2D eigenvalue weighted by Gasteiger charge is 2.16. The molecule has 0 aliphatic carbocycles. The molecule has 0 amide bonds. The van der Waals surface area contributed by atoms with E-state index in [1.807, 2.05) is 38.4 Å². The van der Waals surface area contributed by atoms with Gasteiger partial charge in [-0.15, -0.1) is 0 Å². The minimum atomic E-state index is 0.191. The van der Waals surface area contributed by atoms with Gasteiger partial charge in [-0.1, -0.05) is 29.3 Å². The molecule has 0 radical (unpaired) electrons. The minimum absolute atomic E-state index is 0.191. The number of furan rings is 1. The lowest BCUT2D eigenvalue weighted by Gasteiger charge is -2.22. The van der Waals surface area contributed by atoms with Crippen LogP contribution in [0.15, 0.2) is 41.0 Å². The zero-order valence-corrected chi connectivity index (χ0v) is 13.1. The molecule has 0 aliphatic heterocycles. The van der Waals surface area contributed by atoms with E-state index in [0.717, 1.165) is 17.9 Å². The maximum Gasteiger partial charge on any atom is 0.122 e. The van der Waals surface area contributed by atoms with Crippen molar-refractivity contribution in [1.82, 2.24) is 10.2 Å². The van der Waals surface area contributed by atoms with Crippen molar-refractivity contribution in [2.75, 3.05) is 20.6 Å². The van der Waals surface area contributed by atoms with Crippen molar-refractivity contribution in [3.8, 4) is 0 Å². The van der Waals surface area contributed by atoms with Gasteiger partial charge in [0.15, 0.2) is 0 Å². The number of likely N-dealkylation sites (N-methyl/N-ethyl adjacent to an activating group) is 1. The average molecular weight is 313 g/mol. The highest BCUT2D eigenvalue weighted by Crippen LogP contribution is 2.21. The number of nitrogens with one attached hydrogen (secondary N) is 1. The Morgan fingerprint density at radius 2 is 2.05 bits per heavy atom. The molecule has 1 N–H and O–H groups in total. The Kier molecular flexibility index (Phi) is 5.49. The van der Waals surface area contributed by atoms with Crippen LogP contribution in [0.4, 0.5) is 0 Å². The highest BCUT2D eigenvalue weighted by atomic mass is 35.5. The zero-order chi connectivity index (χ0) is 14.5. The molecule has 3 nitrogen and oxygen atoms in total. The van der Waals surface area contributed by atoms with E-state index in [2.05, 4.69) is 10.2 Å². The molecular weight excluding hydrogens is 295 g/mol. The largest absolute Gasteiger partial charge is 0.468 e. The third-order valence-electron chi connectivity index (χ3n) is 3.16. The lowest BCUT2D eigenvalue weighted by molar-refractivity contribution is 0.250. The fraction of sp³-hybridized carbons (Fsp3) is 0.333. The van der Waals surface area contributed by atoms with Crippen LogP contribution in [0.5, 0.6) is 0 Å². The second-order valence-electron chi connectivity index (χ2n) is 4.86. The van der Waals surface area contributed by atoms with E-state index in [9.17, 15) is 0 Å². The smallest absolute Gasteiger partial charge is 0.122 e. The van der Waals surface area contributed by atoms with Crippen LogP contribution in [-0.2, 0) is 6.54 Å². The summed E-state index contributed by atoms with van der Waals surface area (Å²) < 4.78 is 5.47. The maximum atomic E-state index is 6.15. The lowest BCUT2D eigenvalue weighted by atomic mass is 10.2. The van der Waals surface area contributed by atoms with E-state index < -0.39 is 0 Å². The number of halogens is 2. The Balaban J connectivity index is 1.94. The summed E-state index contributed by atoms with van der Waals surface area (Å²) in [4.78, 5) is 2.12. The maximum absolute atomic E-state index is 6.15. The van der Waals surface area contributed by atoms with Gasteiger partial charge in [0.25, 0.3) is 0 Å². The Morgan fingerprint density at radius 3 is 2.65 bits per heavy atom. The van der Waals surface area contributed by atoms with Gasteiger partial charge in [-0.25, -0.2) is 0 Å². The van der Waals surface area contributed by atoms with Crippen LogP contribution in [0.25, 0.3) is 0 Å². The van der Waals surface area contributed by atoms with E-state index in [1.165, 1.54) is 0 Å². The van der Waals surface area contributed by atoms with Crippen LogP contribution >= 0.6 is 23.2 Å². The minimum Gasteiger partial charge on any atom is -0.468 e. The molecule has 0 saturated carbocycles. The number of hydrogen-bond acceptors (Lipinski definition) is 3. The summed E-state index contributed by atoms with van der Waals surface area (Å²) in [5.74, 6) is 0.949. The fourth-order valence-electron chi connectivity index (χ4n) is 2.03. The molecule has 5 heteroatoms. The number of hydrogen-bond donors (Lipinski definition) is 1. The first-order valence-electron chi connectivity index (χ1n) is 6.42. The lowest BCUT2D eigenvalue weighted by Crippen LogP contribution is -2.30. The molecule has 1 atom stereocenters. The van der Waals surface area contributed by atoms with E-state index in [4.69, 9.17) is 27.6 Å². The third kappa shape index (κ3) is 4.00. The second kappa shape index (κ2) is 7.14. The Hall–Kier alpha value is -1.00. The van der Waals surface area contributed by atoms with E-state index in [1.54, 1.807) is 12.3 Å². The predicted octanol–water partition coefficient (Wildman–Crippen LogP) is 3.98. The monoisotopic (exact) mass is 312 g/mol. The molecule has 1 aromatic heterocycles. The average Bonchev–Trinajstić information content (AvgIpc) is 2.90. The molecule has 0 saturated heterocycles. The molecule has 2 rings (SSSR count). The number of nitrogens with zero attached hydrogens (tertiary/aromatic N) is 1. The second-order valence-corrected chi connectivity index (χ2v) is 5.71. The van der Waals surface area contributed by atoms with Gasteiger partial charge in [0.2, 0.25) is 0 Å². The molecule has 0 fully saturated rings. The Morgan fingerprint density at radius 1 is 1.25 bits per heavy atom. The van der Waals surface area contributed by atoms with Crippen molar-refractivity contribution >= 4 is 23.2 Å². The van der Waals surface area contributed by atoms with Gasteiger partial charge in [-0.05, 0) is 43.9 Å². The van der Waals surface area contributed by atoms with Crippen LogP contribution in [0.2, 0.25) is 10.0 Å². The molecule has 108 valence electrons. The third-order valence-corrected chi connectivity index (χ3v) is 3.75. The molecular formula is C15H18Cl2N2O. The van der Waals surface area contributed by atoms with Crippen molar-refractivity contribution in [2.45, 2.75) is 12.6 Å². The summed E-state index contributed by atoms with van der Waals surface area (Å²) in [6.07, 6.45) is 1.70. The quantitative estimate of drug-likeness (QED) is 0.874. The summed E-state index contributed by atoms with van der Waals surface area (Å²) in [6, 6.07) is 9.63. The summed E-state index contributed by atoms with van der Waals surface area (Å²) in [5.41, 5.74) is 1.04. The fourth-order valence-corrected chi connectivity index (χ4v) is 2.50. The first-order valence-corrected chi connectivity index (χ1v) is 7.18. The van der Waals surface area contributed by atoms with Gasteiger partial charge in [-0.2, -0.15) is 0 Å². The van der Waals surface area contributed by atoms with Gasteiger partial charge in [-0.3, -0.25) is 4.90 Å². The van der Waals surface area contributed by atoms with Crippen LogP contribution < -0.4 is 5.32 Å². The highest BCUT2D eigenvalue weighted by molar-refractivity contribution is 6.35. The molecule has 0 spiro atoms. The Bertz CT molecular complexity index is 541. The normalized spacial score (nSPS) is 12.8. The summed E-state index contributed by atoms with van der Waals surface area (Å²) >= 11 is 12.0. The molecule has 20 heavy (non-hydrogen) atoms. The Labute approximate surface area is 129 Å². The standard InChI is InChI=1S/C15H18Cl2N2O/c1-19(2)14(15-4-3-7-20-15)10-18-9-11-5-6-12(16)8-13(11)17/h3-8,14,18H,9-10H2,1-2H3. The van der Waals surface area contributed by atoms with Crippen LogP contribution in [0.3, 0.4) is 0 Å². The number of benzene rings is 1. The van der Waals surface area contributed by atoms with Crippen molar-refractivity contribution < 1.29 is 4.42 Å². The summed E-state index contributed by atoms with van der Waals surface area (Å²) in [7, 11) is 4.06. The summed E-state index contributed by atoms with van der Waals surface area (Å²) in [6.45, 7) is 1.47. The molecule has 2 aromatic rings. The molecule has 0 bridgehead atoms. The van der Waals surface area contributed by atoms with E-state index in [-0.39, 0.29) is 6.04 Å². The van der Waals surface area contributed by atoms with Gasteiger partial charge >= 0.3 is 0 Å².